The highest BCUT2D eigenvalue weighted by Crippen LogP contribution is 2.25. The maximum Gasteiger partial charge on any atom is 0.291 e. The van der Waals surface area contributed by atoms with Crippen LogP contribution < -0.4 is 15.4 Å². The first-order chi connectivity index (χ1) is 15.6. The number of hydrogen-bond acceptors (Lipinski definition) is 5. The number of benzene rings is 2. The van der Waals surface area contributed by atoms with E-state index in [1.807, 2.05) is 25.1 Å². The molecule has 0 fully saturated rings. The van der Waals surface area contributed by atoms with Gasteiger partial charge in [-0.3, -0.25) is 14.6 Å². The largest absolute Gasteiger partial charge is 0.459 e. The molecule has 0 spiro atoms. The third-order valence-corrected chi connectivity index (χ3v) is 4.71. The smallest absolute Gasteiger partial charge is 0.291 e. The van der Waals surface area contributed by atoms with Gasteiger partial charge >= 0.3 is 0 Å². The van der Waals surface area contributed by atoms with Gasteiger partial charge in [0.15, 0.2) is 5.76 Å². The normalized spacial score (nSPS) is 10.4. The number of amides is 2. The number of nitrogens with zero attached hydrogens (tertiary/aromatic N) is 1. The van der Waals surface area contributed by atoms with Gasteiger partial charge in [0.05, 0.1) is 6.26 Å². The van der Waals surface area contributed by atoms with Crippen LogP contribution in [0.15, 0.2) is 89.8 Å². The first kappa shape index (κ1) is 20.9. The topological polar surface area (TPSA) is 93.5 Å². The van der Waals surface area contributed by atoms with E-state index < -0.39 is 0 Å². The van der Waals surface area contributed by atoms with Gasteiger partial charge in [0.2, 0.25) is 0 Å². The van der Waals surface area contributed by atoms with Crippen LogP contribution in [-0.4, -0.2) is 16.8 Å². The fraction of sp³-hybridized carbons (Fsp3) is 0.0800. The molecule has 2 amide bonds. The molecule has 4 aromatic rings. The van der Waals surface area contributed by atoms with Gasteiger partial charge in [0.1, 0.15) is 11.5 Å². The van der Waals surface area contributed by atoms with Crippen LogP contribution in [0.1, 0.15) is 32.0 Å². The highest BCUT2D eigenvalue weighted by molar-refractivity contribution is 6.02. The van der Waals surface area contributed by atoms with Gasteiger partial charge < -0.3 is 19.8 Å². The number of carbonyl (C=O) groups excluding carboxylic acids is 2. The zero-order valence-electron chi connectivity index (χ0n) is 17.4. The lowest BCUT2D eigenvalue weighted by Gasteiger charge is -2.11. The van der Waals surface area contributed by atoms with Crippen LogP contribution in [0.2, 0.25) is 0 Å². The zero-order chi connectivity index (χ0) is 22.3. The van der Waals surface area contributed by atoms with E-state index in [1.54, 1.807) is 60.9 Å². The van der Waals surface area contributed by atoms with Gasteiger partial charge in [-0.1, -0.05) is 18.2 Å². The number of nitrogens with one attached hydrogen (secondary N) is 2. The lowest BCUT2D eigenvalue weighted by atomic mass is 10.1. The Morgan fingerprint density at radius 1 is 0.969 bits per heavy atom. The van der Waals surface area contributed by atoms with E-state index in [0.717, 1.165) is 11.1 Å². The van der Waals surface area contributed by atoms with Crippen molar-refractivity contribution in [2.75, 3.05) is 5.32 Å². The van der Waals surface area contributed by atoms with E-state index in [9.17, 15) is 9.59 Å². The monoisotopic (exact) mass is 427 g/mol. The second-order valence-electron chi connectivity index (χ2n) is 7.08. The van der Waals surface area contributed by atoms with Gasteiger partial charge in [-0.25, -0.2) is 0 Å². The second-order valence-corrected chi connectivity index (χ2v) is 7.08. The minimum Gasteiger partial charge on any atom is -0.459 e. The van der Waals surface area contributed by atoms with Gasteiger partial charge in [-0.05, 0) is 66.6 Å². The summed E-state index contributed by atoms with van der Waals surface area (Å²) in [5, 5.41) is 5.67. The predicted octanol–water partition coefficient (Wildman–Crippen LogP) is 4.96. The third kappa shape index (κ3) is 5.20. The van der Waals surface area contributed by atoms with Crippen LogP contribution in [-0.2, 0) is 6.54 Å². The Labute approximate surface area is 185 Å². The molecular formula is C25H21N3O4. The molecule has 7 heteroatoms. The summed E-state index contributed by atoms with van der Waals surface area (Å²) in [7, 11) is 0. The predicted molar refractivity (Wildman–Crippen MR) is 120 cm³/mol. The first-order valence-corrected chi connectivity index (χ1v) is 9.99. The summed E-state index contributed by atoms with van der Waals surface area (Å²) < 4.78 is 11.0. The molecule has 4 rings (SSSR count). The number of hydrogen-bond donors (Lipinski definition) is 2. The number of carbonyl (C=O) groups is 2. The molecule has 0 atom stereocenters. The average Bonchev–Trinajstić information content (AvgIpc) is 3.35. The summed E-state index contributed by atoms with van der Waals surface area (Å²) in [5.74, 6) is 0.917. The first-order valence-electron chi connectivity index (χ1n) is 9.99. The van der Waals surface area contributed by atoms with Crippen molar-refractivity contribution >= 4 is 17.5 Å². The molecule has 0 bridgehead atoms. The number of ether oxygens (including phenoxy) is 1. The van der Waals surface area contributed by atoms with E-state index in [-0.39, 0.29) is 17.6 Å². The van der Waals surface area contributed by atoms with Crippen LogP contribution in [0.3, 0.4) is 0 Å². The number of anilines is 1. The van der Waals surface area contributed by atoms with Crippen molar-refractivity contribution in [1.82, 2.24) is 10.3 Å². The number of pyridine rings is 1. The van der Waals surface area contributed by atoms with Crippen molar-refractivity contribution in [3.8, 4) is 11.5 Å². The number of aromatic nitrogens is 1. The zero-order valence-corrected chi connectivity index (χ0v) is 17.4. The maximum absolute atomic E-state index is 12.7. The van der Waals surface area contributed by atoms with Crippen molar-refractivity contribution in [2.45, 2.75) is 13.5 Å². The molecule has 2 aromatic carbocycles. The van der Waals surface area contributed by atoms with Gasteiger partial charge in [-0.2, -0.15) is 0 Å². The van der Waals surface area contributed by atoms with Gasteiger partial charge in [0.25, 0.3) is 11.8 Å². The third-order valence-electron chi connectivity index (χ3n) is 4.71. The van der Waals surface area contributed by atoms with E-state index in [1.165, 1.54) is 6.26 Å². The van der Waals surface area contributed by atoms with Crippen LogP contribution in [0.4, 0.5) is 5.69 Å². The average molecular weight is 427 g/mol. The molecule has 0 saturated heterocycles. The van der Waals surface area contributed by atoms with Gasteiger partial charge in [-0.15, -0.1) is 0 Å². The molecule has 0 radical (unpaired) electrons. The Balaban J connectivity index is 1.39. The highest BCUT2D eigenvalue weighted by atomic mass is 16.5. The van der Waals surface area contributed by atoms with Crippen LogP contribution >= 0.6 is 0 Å². The fourth-order valence-corrected chi connectivity index (χ4v) is 3.03. The maximum atomic E-state index is 12.7. The number of rotatable bonds is 7. The molecule has 0 aliphatic heterocycles. The molecule has 2 aromatic heterocycles. The van der Waals surface area contributed by atoms with Crippen molar-refractivity contribution in [3.05, 3.63) is 108 Å². The minimum atomic E-state index is -0.336. The summed E-state index contributed by atoms with van der Waals surface area (Å²) in [5.41, 5.74) is 2.86. The minimum absolute atomic E-state index is 0.227. The molecule has 0 aliphatic rings. The van der Waals surface area contributed by atoms with E-state index >= 15 is 0 Å². The molecule has 0 aliphatic carbocycles. The van der Waals surface area contributed by atoms with Crippen molar-refractivity contribution in [2.24, 2.45) is 0 Å². The summed E-state index contributed by atoms with van der Waals surface area (Å²) >= 11 is 0. The lowest BCUT2D eigenvalue weighted by molar-refractivity contribution is 0.0949. The standard InChI is InChI=1S/C25H21N3O4/c1-17-7-8-19(15-23(17)32-21-9-11-26-12-10-21)24(29)27-16-18-4-2-5-20(14-18)28-25(30)22-6-3-13-31-22/h2-15H,16H2,1H3,(H,27,29)(H,28,30). The van der Waals surface area contributed by atoms with Gasteiger partial charge in [0, 0.05) is 30.2 Å². The Morgan fingerprint density at radius 3 is 2.59 bits per heavy atom. The SMILES string of the molecule is Cc1ccc(C(=O)NCc2cccc(NC(=O)c3ccco3)c2)cc1Oc1ccncc1. The van der Waals surface area contributed by atoms with Crippen LogP contribution in [0.25, 0.3) is 0 Å². The Bertz CT molecular complexity index is 1220. The Kier molecular flexibility index (Phi) is 6.27. The van der Waals surface area contributed by atoms with Crippen LogP contribution in [0, 0.1) is 6.92 Å². The van der Waals surface area contributed by atoms with Crippen molar-refractivity contribution in [1.29, 1.82) is 0 Å². The summed E-state index contributed by atoms with van der Waals surface area (Å²) in [6.45, 7) is 2.22. The second kappa shape index (κ2) is 9.61. The number of aryl methyl sites for hydroxylation is 1. The van der Waals surface area contributed by atoms with E-state index in [0.29, 0.717) is 29.3 Å². The van der Waals surface area contributed by atoms with Crippen LogP contribution in [0.5, 0.6) is 11.5 Å². The molecule has 2 heterocycles. The summed E-state index contributed by atoms with van der Waals surface area (Å²) in [4.78, 5) is 28.8. The van der Waals surface area contributed by atoms with Crippen molar-refractivity contribution in [3.63, 3.8) is 0 Å². The Morgan fingerprint density at radius 2 is 1.81 bits per heavy atom. The Hall–Kier alpha value is -4.39. The van der Waals surface area contributed by atoms with Crippen molar-refractivity contribution < 1.29 is 18.7 Å². The quantitative estimate of drug-likeness (QED) is 0.435. The molecule has 2 N–H and O–H groups in total. The summed E-state index contributed by atoms with van der Waals surface area (Å²) in [6, 6.07) is 19.3. The molecule has 7 nitrogen and oxygen atoms in total. The van der Waals surface area contributed by atoms with E-state index in [4.69, 9.17) is 9.15 Å². The fourth-order valence-electron chi connectivity index (χ4n) is 3.03. The molecule has 160 valence electrons. The molecule has 0 saturated carbocycles. The number of furan rings is 1. The molecule has 32 heavy (non-hydrogen) atoms. The van der Waals surface area contributed by atoms with E-state index in [2.05, 4.69) is 15.6 Å². The summed E-state index contributed by atoms with van der Waals surface area (Å²) in [6.07, 6.45) is 4.73. The molecular weight excluding hydrogens is 406 g/mol. The lowest BCUT2D eigenvalue weighted by Crippen LogP contribution is -2.23. The highest BCUT2D eigenvalue weighted by Gasteiger charge is 2.11. The molecule has 0 unspecified atom stereocenters.